The maximum absolute atomic E-state index is 14.1. The molecular weight excluding hydrogens is 601 g/mol. The third-order valence-electron chi connectivity index (χ3n) is 7.39. The van der Waals surface area contributed by atoms with Gasteiger partial charge in [0.15, 0.2) is 5.82 Å². The fourth-order valence-corrected chi connectivity index (χ4v) is 6.90. The van der Waals surface area contributed by atoms with Crippen molar-refractivity contribution in [2.45, 2.75) is 25.3 Å². The van der Waals surface area contributed by atoms with Crippen LogP contribution in [-0.2, 0) is 16.6 Å². The van der Waals surface area contributed by atoms with E-state index in [4.69, 9.17) is 25.8 Å². The van der Waals surface area contributed by atoms with Crippen molar-refractivity contribution in [1.29, 1.82) is 0 Å². The number of aromatic nitrogens is 2. The molecule has 2 heterocycles. The smallest absolute Gasteiger partial charge is 0.265 e. The van der Waals surface area contributed by atoms with Crippen LogP contribution in [0.25, 0.3) is 33.2 Å². The van der Waals surface area contributed by atoms with E-state index in [9.17, 15) is 12.8 Å². The molecule has 2 aromatic heterocycles. The van der Waals surface area contributed by atoms with Gasteiger partial charge in [-0.15, -0.1) is 0 Å². The Hall–Kier alpha value is -4.73. The summed E-state index contributed by atoms with van der Waals surface area (Å²) in [5, 5.41) is 5.83. The molecule has 0 atom stereocenters. The lowest BCUT2D eigenvalue weighted by molar-refractivity contribution is 0.414. The molecule has 6 aromatic rings. The number of hydrogen-bond donors (Lipinski definition) is 0. The van der Waals surface area contributed by atoms with Gasteiger partial charge in [0.25, 0.3) is 10.0 Å². The Morgan fingerprint density at radius 3 is 2.43 bits per heavy atom. The summed E-state index contributed by atoms with van der Waals surface area (Å²) in [5.74, 6) is 0.485. The SMILES string of the molecule is COc1ccc(CN(c2ccon2)S(=O)(=O)c2ccc3c(-c4cc(Cl)c(-c5cccc(F)c5)cc4C)nc(C)cc3c2)cc1. The molecular formula is C34H27ClFN3O4S. The summed E-state index contributed by atoms with van der Waals surface area (Å²) in [5.41, 5.74) is 5.19. The molecule has 0 aliphatic rings. The molecule has 4 aromatic carbocycles. The molecule has 222 valence electrons. The number of benzene rings is 4. The number of aryl methyl sites for hydroxylation is 2. The zero-order valence-electron chi connectivity index (χ0n) is 24.1. The normalized spacial score (nSPS) is 11.6. The Kier molecular flexibility index (Phi) is 7.84. The van der Waals surface area contributed by atoms with Gasteiger partial charge in [0.1, 0.15) is 17.8 Å². The minimum absolute atomic E-state index is 0.0346. The number of sulfonamides is 1. The maximum atomic E-state index is 14.1. The molecule has 0 saturated heterocycles. The summed E-state index contributed by atoms with van der Waals surface area (Å²) in [4.78, 5) is 4.91. The molecule has 0 radical (unpaired) electrons. The monoisotopic (exact) mass is 627 g/mol. The van der Waals surface area contributed by atoms with E-state index < -0.39 is 10.0 Å². The van der Waals surface area contributed by atoms with Gasteiger partial charge in [-0.25, -0.2) is 17.1 Å². The van der Waals surface area contributed by atoms with E-state index in [0.29, 0.717) is 38.7 Å². The van der Waals surface area contributed by atoms with Crippen LogP contribution < -0.4 is 9.04 Å². The largest absolute Gasteiger partial charge is 0.497 e. The van der Waals surface area contributed by atoms with E-state index in [1.165, 1.54) is 28.8 Å². The Balaban J connectivity index is 1.42. The first-order valence-corrected chi connectivity index (χ1v) is 15.5. The van der Waals surface area contributed by atoms with Crippen molar-refractivity contribution in [1.82, 2.24) is 10.1 Å². The number of rotatable bonds is 8. The summed E-state index contributed by atoms with van der Waals surface area (Å²) in [6.45, 7) is 3.83. The molecule has 0 bridgehead atoms. The standard InChI is InChI=1S/C34H27ClFN3O4S/c1-21-15-31(24-5-4-6-26(36)17-24)32(35)19-30(21)34-29-12-11-28(18-25(29)16-22(2)37-34)44(40,41)39(33-13-14-43-38-33)20-23-7-9-27(42-3)10-8-23/h4-19H,20H2,1-3H3. The summed E-state index contributed by atoms with van der Waals surface area (Å²) in [6, 6.07) is 25.5. The van der Waals surface area contributed by atoms with Crippen LogP contribution in [0.2, 0.25) is 5.02 Å². The van der Waals surface area contributed by atoms with E-state index in [1.807, 2.05) is 38.1 Å². The van der Waals surface area contributed by atoms with Crippen LogP contribution in [-0.4, -0.2) is 25.7 Å². The number of methoxy groups -OCH3 is 1. The second-order valence-corrected chi connectivity index (χ2v) is 12.6. The van der Waals surface area contributed by atoms with Gasteiger partial charge in [0.05, 0.1) is 24.2 Å². The van der Waals surface area contributed by atoms with Crippen LogP contribution in [0.3, 0.4) is 0 Å². The molecule has 7 nitrogen and oxygen atoms in total. The summed E-state index contributed by atoms with van der Waals surface area (Å²) in [6.07, 6.45) is 1.33. The van der Waals surface area contributed by atoms with Crippen molar-refractivity contribution < 1.29 is 22.1 Å². The van der Waals surface area contributed by atoms with Gasteiger partial charge >= 0.3 is 0 Å². The number of pyridine rings is 1. The van der Waals surface area contributed by atoms with E-state index in [1.54, 1.807) is 55.6 Å². The van der Waals surface area contributed by atoms with Crippen LogP contribution >= 0.6 is 11.6 Å². The highest BCUT2D eigenvalue weighted by Gasteiger charge is 2.28. The van der Waals surface area contributed by atoms with Crippen LogP contribution in [0.1, 0.15) is 16.8 Å². The lowest BCUT2D eigenvalue weighted by Crippen LogP contribution is -2.30. The predicted molar refractivity (Wildman–Crippen MR) is 170 cm³/mol. The van der Waals surface area contributed by atoms with Crippen LogP contribution in [0, 0.1) is 19.7 Å². The molecule has 0 aliphatic carbocycles. The quantitative estimate of drug-likeness (QED) is 0.169. The topological polar surface area (TPSA) is 85.5 Å². The molecule has 0 aliphatic heterocycles. The van der Waals surface area contributed by atoms with Gasteiger partial charge < -0.3 is 9.26 Å². The van der Waals surface area contributed by atoms with E-state index >= 15 is 0 Å². The lowest BCUT2D eigenvalue weighted by Gasteiger charge is -2.22. The number of ether oxygens (including phenoxy) is 1. The molecule has 0 unspecified atom stereocenters. The summed E-state index contributed by atoms with van der Waals surface area (Å²) < 4.78 is 53.6. The average Bonchev–Trinajstić information content (AvgIpc) is 3.55. The number of fused-ring (bicyclic) bond motifs is 1. The number of anilines is 1. The first-order chi connectivity index (χ1) is 21.1. The number of halogens is 2. The third kappa shape index (κ3) is 5.64. The van der Waals surface area contributed by atoms with E-state index in [-0.39, 0.29) is 23.1 Å². The second-order valence-electron chi connectivity index (χ2n) is 10.4. The highest BCUT2D eigenvalue weighted by atomic mass is 35.5. The zero-order chi connectivity index (χ0) is 31.0. The second kappa shape index (κ2) is 11.7. The summed E-state index contributed by atoms with van der Waals surface area (Å²) >= 11 is 6.73. The Morgan fingerprint density at radius 2 is 1.73 bits per heavy atom. The van der Waals surface area contributed by atoms with Crippen LogP contribution in [0.5, 0.6) is 5.75 Å². The Labute approximate surface area is 259 Å². The fourth-order valence-electron chi connectivity index (χ4n) is 5.20. The van der Waals surface area contributed by atoms with Crippen molar-refractivity contribution in [2.75, 3.05) is 11.4 Å². The number of hydrogen-bond acceptors (Lipinski definition) is 6. The number of nitrogens with zero attached hydrogens (tertiary/aromatic N) is 3. The predicted octanol–water partition coefficient (Wildman–Crippen LogP) is 8.37. The van der Waals surface area contributed by atoms with Crippen LogP contribution in [0.4, 0.5) is 10.2 Å². The van der Waals surface area contributed by atoms with Gasteiger partial charge in [-0.05, 0) is 90.5 Å². The molecule has 0 saturated carbocycles. The van der Waals surface area contributed by atoms with E-state index in [0.717, 1.165) is 22.1 Å². The van der Waals surface area contributed by atoms with Crippen LogP contribution in [0.15, 0.2) is 107 Å². The van der Waals surface area contributed by atoms with Crippen molar-refractivity contribution in [2.24, 2.45) is 0 Å². The minimum Gasteiger partial charge on any atom is -0.497 e. The molecule has 0 fully saturated rings. The first kappa shape index (κ1) is 29.3. The Morgan fingerprint density at radius 1 is 0.932 bits per heavy atom. The summed E-state index contributed by atoms with van der Waals surface area (Å²) in [7, 11) is -2.50. The van der Waals surface area contributed by atoms with Gasteiger partial charge in [0, 0.05) is 33.3 Å². The first-order valence-electron chi connectivity index (χ1n) is 13.7. The van der Waals surface area contributed by atoms with Crippen molar-refractivity contribution in [3.63, 3.8) is 0 Å². The van der Waals surface area contributed by atoms with Gasteiger partial charge in [-0.3, -0.25) is 4.98 Å². The third-order valence-corrected chi connectivity index (χ3v) is 9.45. The fraction of sp³-hybridized carbons (Fsp3) is 0.118. The van der Waals surface area contributed by atoms with Crippen molar-refractivity contribution >= 4 is 38.2 Å². The van der Waals surface area contributed by atoms with Gasteiger partial charge in [-0.1, -0.05) is 47.1 Å². The highest BCUT2D eigenvalue weighted by molar-refractivity contribution is 7.92. The maximum Gasteiger partial charge on any atom is 0.265 e. The molecule has 0 N–H and O–H groups in total. The minimum atomic E-state index is -4.07. The Bertz CT molecular complexity index is 2100. The molecule has 10 heteroatoms. The molecule has 0 spiro atoms. The van der Waals surface area contributed by atoms with Gasteiger partial charge in [-0.2, -0.15) is 0 Å². The average molecular weight is 628 g/mol. The lowest BCUT2D eigenvalue weighted by atomic mass is 9.95. The van der Waals surface area contributed by atoms with Gasteiger partial charge in [0.2, 0.25) is 0 Å². The highest BCUT2D eigenvalue weighted by Crippen LogP contribution is 2.38. The molecule has 44 heavy (non-hydrogen) atoms. The van der Waals surface area contributed by atoms with Crippen molar-refractivity contribution in [3.8, 4) is 28.1 Å². The molecule has 6 rings (SSSR count). The van der Waals surface area contributed by atoms with E-state index in [2.05, 4.69) is 5.16 Å². The van der Waals surface area contributed by atoms with Crippen molar-refractivity contribution in [3.05, 3.63) is 125 Å². The molecule has 0 amide bonds. The zero-order valence-corrected chi connectivity index (χ0v) is 25.7.